The molecule has 0 bridgehead atoms. The third-order valence-electron chi connectivity index (χ3n) is 5.21. The predicted molar refractivity (Wildman–Crippen MR) is 97.5 cm³/mol. The first-order valence-electron chi connectivity index (χ1n) is 8.60. The molecule has 0 radical (unpaired) electrons. The zero-order valence-corrected chi connectivity index (χ0v) is 15.6. The molecule has 1 aromatic rings. The average molecular weight is 363 g/mol. The lowest BCUT2D eigenvalue weighted by Crippen LogP contribution is -2.50. The molecule has 1 fully saturated rings. The number of carbonyl (C=O) groups is 2. The number of carboxylic acids is 1. The van der Waals surface area contributed by atoms with Crippen molar-refractivity contribution >= 4 is 23.3 Å². The number of hydrogen-bond donors (Lipinski definition) is 1. The number of hydrogen-bond acceptors (Lipinski definition) is 5. The Morgan fingerprint density at radius 1 is 1.31 bits per heavy atom. The van der Waals surface area contributed by atoms with Gasteiger partial charge in [-0.15, -0.1) is 0 Å². The average Bonchev–Trinajstić information content (AvgIpc) is 2.60. The number of rotatable bonds is 5. The van der Waals surface area contributed by atoms with Gasteiger partial charge in [-0.1, -0.05) is 6.92 Å². The number of likely N-dealkylation sites (N-methyl/N-ethyl adjacent to an activating group) is 1. The van der Waals surface area contributed by atoms with E-state index < -0.39 is 22.3 Å². The number of carbonyl (C=O) groups excluding carboxylic acids is 1. The minimum absolute atomic E-state index is 0.0997. The van der Waals surface area contributed by atoms with Crippen LogP contribution in [-0.2, 0) is 4.79 Å². The van der Waals surface area contributed by atoms with Crippen LogP contribution < -0.4 is 4.90 Å². The van der Waals surface area contributed by atoms with Gasteiger partial charge in [-0.25, -0.2) is 4.79 Å². The van der Waals surface area contributed by atoms with E-state index in [9.17, 15) is 24.8 Å². The summed E-state index contributed by atoms with van der Waals surface area (Å²) in [5.74, 6) is -1.13. The zero-order valence-electron chi connectivity index (χ0n) is 15.6. The van der Waals surface area contributed by atoms with Crippen molar-refractivity contribution in [3.8, 4) is 0 Å². The maximum atomic E-state index is 12.6. The maximum Gasteiger partial charge on any atom is 0.329 e. The molecule has 8 heteroatoms. The van der Waals surface area contributed by atoms with Crippen LogP contribution in [0.25, 0.3) is 0 Å². The number of aliphatic carboxylic acids is 1. The molecule has 0 aliphatic carbocycles. The van der Waals surface area contributed by atoms with Gasteiger partial charge in [-0.05, 0) is 44.7 Å². The van der Waals surface area contributed by atoms with Crippen LogP contribution in [0.2, 0.25) is 0 Å². The van der Waals surface area contributed by atoms with E-state index >= 15 is 0 Å². The van der Waals surface area contributed by atoms with E-state index in [4.69, 9.17) is 0 Å². The number of carboxylic acid groups (broad SMARTS) is 1. The van der Waals surface area contributed by atoms with Gasteiger partial charge in [0.1, 0.15) is 11.2 Å². The molecule has 0 unspecified atom stereocenters. The first-order chi connectivity index (χ1) is 12.1. The quantitative estimate of drug-likeness (QED) is 0.637. The highest BCUT2D eigenvalue weighted by molar-refractivity contribution is 5.98. The van der Waals surface area contributed by atoms with Crippen LogP contribution in [0, 0.1) is 16.0 Å². The van der Waals surface area contributed by atoms with Gasteiger partial charge in [0.05, 0.1) is 4.92 Å². The van der Waals surface area contributed by atoms with Crippen LogP contribution in [0.3, 0.4) is 0 Å². The van der Waals surface area contributed by atoms with E-state index in [1.54, 1.807) is 6.07 Å². The van der Waals surface area contributed by atoms with Gasteiger partial charge in [0, 0.05) is 31.8 Å². The van der Waals surface area contributed by atoms with Crippen molar-refractivity contribution in [2.45, 2.75) is 39.2 Å². The summed E-state index contributed by atoms with van der Waals surface area (Å²) in [6.45, 7) is 6.45. The van der Waals surface area contributed by atoms with E-state index in [1.165, 1.54) is 33.0 Å². The van der Waals surface area contributed by atoms with Crippen molar-refractivity contribution in [1.29, 1.82) is 0 Å². The molecule has 1 N–H and O–H groups in total. The number of nitro groups is 1. The number of nitrogens with zero attached hydrogens (tertiary/aromatic N) is 3. The van der Waals surface area contributed by atoms with Crippen LogP contribution >= 0.6 is 0 Å². The Morgan fingerprint density at radius 3 is 2.38 bits per heavy atom. The molecular weight excluding hydrogens is 338 g/mol. The van der Waals surface area contributed by atoms with Crippen molar-refractivity contribution in [3.05, 3.63) is 33.9 Å². The van der Waals surface area contributed by atoms with E-state index in [2.05, 4.69) is 6.92 Å². The van der Waals surface area contributed by atoms with Gasteiger partial charge in [0.25, 0.3) is 11.6 Å². The molecule has 1 heterocycles. The lowest BCUT2D eigenvalue weighted by Gasteiger charge is -2.33. The molecule has 0 saturated carbocycles. The van der Waals surface area contributed by atoms with Gasteiger partial charge in [0.15, 0.2) is 0 Å². The zero-order chi connectivity index (χ0) is 19.6. The highest BCUT2D eigenvalue weighted by Crippen LogP contribution is 2.33. The molecule has 1 aliphatic rings. The third-order valence-corrected chi connectivity index (χ3v) is 5.21. The molecule has 1 amide bonds. The molecule has 1 aliphatic heterocycles. The molecule has 0 spiro atoms. The van der Waals surface area contributed by atoms with E-state index in [1.807, 2.05) is 4.90 Å². The Hall–Kier alpha value is -2.64. The van der Waals surface area contributed by atoms with Gasteiger partial charge in [0.2, 0.25) is 0 Å². The fourth-order valence-electron chi connectivity index (χ4n) is 2.91. The van der Waals surface area contributed by atoms with Gasteiger partial charge < -0.3 is 14.9 Å². The summed E-state index contributed by atoms with van der Waals surface area (Å²) in [7, 11) is 1.38. The molecule has 8 nitrogen and oxygen atoms in total. The number of nitro benzene ring substituents is 1. The highest BCUT2D eigenvalue weighted by Gasteiger charge is 2.36. The molecule has 1 aromatic carbocycles. The number of benzene rings is 1. The summed E-state index contributed by atoms with van der Waals surface area (Å²) in [5, 5.41) is 20.8. The van der Waals surface area contributed by atoms with Crippen LogP contribution in [0.15, 0.2) is 18.2 Å². The van der Waals surface area contributed by atoms with E-state index in [-0.39, 0.29) is 11.3 Å². The number of anilines is 1. The largest absolute Gasteiger partial charge is 0.480 e. The second-order valence-corrected chi connectivity index (χ2v) is 7.36. The lowest BCUT2D eigenvalue weighted by atomic mass is 9.98. The monoisotopic (exact) mass is 363 g/mol. The van der Waals surface area contributed by atoms with Crippen LogP contribution in [-0.4, -0.2) is 52.5 Å². The molecule has 2 rings (SSSR count). The Morgan fingerprint density at radius 2 is 1.88 bits per heavy atom. The Balaban J connectivity index is 2.35. The number of piperidine rings is 1. The first kappa shape index (κ1) is 19.7. The summed E-state index contributed by atoms with van der Waals surface area (Å²) in [6, 6.07) is 4.35. The Kier molecular flexibility index (Phi) is 5.53. The van der Waals surface area contributed by atoms with Crippen molar-refractivity contribution in [2.24, 2.45) is 5.92 Å². The Bertz CT molecular complexity index is 724. The minimum atomic E-state index is -1.42. The second-order valence-electron chi connectivity index (χ2n) is 7.36. The van der Waals surface area contributed by atoms with E-state index in [0.29, 0.717) is 11.6 Å². The second kappa shape index (κ2) is 7.31. The van der Waals surface area contributed by atoms with Crippen molar-refractivity contribution in [1.82, 2.24) is 4.90 Å². The van der Waals surface area contributed by atoms with Crippen LogP contribution in [0.4, 0.5) is 11.4 Å². The Labute approximate surface area is 152 Å². The van der Waals surface area contributed by atoms with Gasteiger partial charge in [-0.3, -0.25) is 14.9 Å². The summed E-state index contributed by atoms with van der Waals surface area (Å²) >= 11 is 0. The third kappa shape index (κ3) is 3.79. The molecule has 1 saturated heterocycles. The highest BCUT2D eigenvalue weighted by atomic mass is 16.6. The summed E-state index contributed by atoms with van der Waals surface area (Å²) < 4.78 is 0. The molecule has 142 valence electrons. The predicted octanol–water partition coefficient (Wildman–Crippen LogP) is 2.77. The van der Waals surface area contributed by atoms with Crippen LogP contribution in [0.5, 0.6) is 0 Å². The molecule has 0 aromatic heterocycles. The maximum absolute atomic E-state index is 12.6. The van der Waals surface area contributed by atoms with Gasteiger partial charge in [-0.2, -0.15) is 0 Å². The normalized spacial score (nSPS) is 15.6. The fraction of sp³-hybridized carbons (Fsp3) is 0.556. The topological polar surface area (TPSA) is 104 Å². The summed E-state index contributed by atoms with van der Waals surface area (Å²) in [4.78, 5) is 38.1. The fourth-order valence-corrected chi connectivity index (χ4v) is 2.91. The smallest absolute Gasteiger partial charge is 0.329 e. The molecular formula is C18H25N3O5. The first-order valence-corrected chi connectivity index (χ1v) is 8.60. The number of amides is 1. The van der Waals surface area contributed by atoms with Crippen molar-refractivity contribution in [2.75, 3.05) is 25.0 Å². The standard InChI is InChI=1S/C18H25N3O5/c1-12-7-9-20(10-8-12)14-6-5-13(11-15(14)21(25)26)16(22)19(4)18(2,3)17(23)24/h5-6,11-12H,7-10H2,1-4H3,(H,23,24). The lowest BCUT2D eigenvalue weighted by molar-refractivity contribution is -0.384. The SMILES string of the molecule is CC1CCN(c2ccc(C(=O)N(C)C(C)(C)C(=O)O)cc2[N+](=O)[O-])CC1. The molecule has 26 heavy (non-hydrogen) atoms. The van der Waals surface area contributed by atoms with Crippen molar-refractivity contribution < 1.29 is 19.6 Å². The molecule has 0 atom stereocenters. The summed E-state index contributed by atoms with van der Waals surface area (Å²) in [6.07, 6.45) is 1.93. The van der Waals surface area contributed by atoms with Crippen molar-refractivity contribution in [3.63, 3.8) is 0 Å². The van der Waals surface area contributed by atoms with E-state index in [0.717, 1.165) is 30.8 Å². The summed E-state index contributed by atoms with van der Waals surface area (Å²) in [5.41, 5.74) is -0.957. The van der Waals surface area contributed by atoms with Crippen LogP contribution in [0.1, 0.15) is 44.0 Å². The minimum Gasteiger partial charge on any atom is -0.480 e. The van der Waals surface area contributed by atoms with Gasteiger partial charge >= 0.3 is 5.97 Å².